The van der Waals surface area contributed by atoms with E-state index in [4.69, 9.17) is 29.6 Å². The third kappa shape index (κ3) is 5.61. The van der Waals surface area contributed by atoms with Crippen molar-refractivity contribution in [2.45, 2.75) is 17.2 Å². The van der Waals surface area contributed by atoms with Crippen LogP contribution in [0, 0.1) is 3.95 Å². The number of hydrogen-bond donors (Lipinski definition) is 2. The van der Waals surface area contributed by atoms with Crippen molar-refractivity contribution in [2.24, 2.45) is 5.73 Å². The zero-order chi connectivity index (χ0) is 16.8. The maximum absolute atomic E-state index is 11.3. The van der Waals surface area contributed by atoms with E-state index in [9.17, 15) is 9.59 Å². The van der Waals surface area contributed by atoms with Crippen molar-refractivity contribution < 1.29 is 9.59 Å². The van der Waals surface area contributed by atoms with E-state index in [1.165, 1.54) is 23.1 Å². The molecule has 1 aromatic heterocycles. The molecular weight excluding hydrogens is 376 g/mol. The molecule has 0 bridgehead atoms. The molecule has 2 rings (SSSR count). The molecule has 0 aliphatic rings. The van der Waals surface area contributed by atoms with Gasteiger partial charge in [-0.05, 0) is 42.9 Å². The Hall–Kier alpha value is -1.42. The fraction of sp³-hybridized carbons (Fsp3) is 0.231. The Morgan fingerprint density at radius 2 is 2.09 bits per heavy atom. The van der Waals surface area contributed by atoms with E-state index in [1.54, 1.807) is 16.8 Å². The number of halogens is 1. The average Bonchev–Trinajstić information content (AvgIpc) is 2.85. The summed E-state index contributed by atoms with van der Waals surface area (Å²) in [7, 11) is 0. The summed E-state index contributed by atoms with van der Waals surface area (Å²) in [6.45, 7) is 0. The minimum absolute atomic E-state index is 0.235. The van der Waals surface area contributed by atoms with Crippen LogP contribution in [0.15, 0.2) is 28.6 Å². The molecule has 0 fully saturated rings. The van der Waals surface area contributed by atoms with Crippen molar-refractivity contribution in [1.82, 2.24) is 15.1 Å². The van der Waals surface area contributed by atoms with Gasteiger partial charge < -0.3 is 5.73 Å². The van der Waals surface area contributed by atoms with Gasteiger partial charge in [-0.3, -0.25) is 10.1 Å². The number of thioether (sulfide) groups is 1. The van der Waals surface area contributed by atoms with Gasteiger partial charge in [-0.25, -0.2) is 9.48 Å². The zero-order valence-corrected chi connectivity index (χ0v) is 15.0. The molecule has 2 aromatic rings. The van der Waals surface area contributed by atoms with Crippen LogP contribution in [0.1, 0.15) is 12.8 Å². The van der Waals surface area contributed by atoms with Gasteiger partial charge in [0.05, 0.1) is 5.69 Å². The van der Waals surface area contributed by atoms with Crippen molar-refractivity contribution >= 4 is 58.9 Å². The van der Waals surface area contributed by atoms with Gasteiger partial charge in [0.25, 0.3) is 0 Å². The van der Waals surface area contributed by atoms with Gasteiger partial charge >= 0.3 is 6.03 Å². The van der Waals surface area contributed by atoms with Gasteiger partial charge in [-0.2, -0.15) is 0 Å². The first kappa shape index (κ1) is 17.9. The number of hydrogen-bond acceptors (Lipinski definition) is 6. The molecule has 23 heavy (non-hydrogen) atoms. The normalized spacial score (nSPS) is 10.5. The monoisotopic (exact) mass is 388 g/mol. The van der Waals surface area contributed by atoms with Crippen molar-refractivity contribution in [3.63, 3.8) is 0 Å². The van der Waals surface area contributed by atoms with E-state index >= 15 is 0 Å². The Morgan fingerprint density at radius 1 is 1.39 bits per heavy atom. The van der Waals surface area contributed by atoms with Crippen LogP contribution in [-0.2, 0) is 4.79 Å². The second-order valence-electron chi connectivity index (χ2n) is 4.39. The Kier molecular flexibility index (Phi) is 6.58. The van der Waals surface area contributed by atoms with Gasteiger partial charge in [0.15, 0.2) is 8.29 Å². The molecule has 122 valence electrons. The summed E-state index contributed by atoms with van der Waals surface area (Å²) >= 11 is 14.1. The summed E-state index contributed by atoms with van der Waals surface area (Å²) in [5.41, 5.74) is 5.72. The number of primary amides is 1. The van der Waals surface area contributed by atoms with Crippen LogP contribution in [-0.4, -0.2) is 27.5 Å². The lowest BCUT2D eigenvalue weighted by Crippen LogP contribution is -2.34. The van der Waals surface area contributed by atoms with Crippen molar-refractivity contribution in [3.8, 4) is 5.69 Å². The Labute approximate surface area is 151 Å². The number of aromatic nitrogens is 2. The molecule has 3 amide bonds. The lowest BCUT2D eigenvalue weighted by atomic mass is 10.3. The molecular formula is C13H13ClN4O2S3. The van der Waals surface area contributed by atoms with Gasteiger partial charge in [0.2, 0.25) is 5.91 Å². The maximum atomic E-state index is 11.3. The highest BCUT2D eigenvalue weighted by molar-refractivity contribution is 8.01. The average molecular weight is 389 g/mol. The molecule has 6 nitrogen and oxygen atoms in total. The number of nitrogens with two attached hydrogens (primary N) is 1. The number of amides is 3. The van der Waals surface area contributed by atoms with Gasteiger partial charge in [0.1, 0.15) is 0 Å². The summed E-state index contributed by atoms with van der Waals surface area (Å²) < 4.78 is 3.14. The van der Waals surface area contributed by atoms with Crippen LogP contribution >= 0.6 is 46.9 Å². The van der Waals surface area contributed by atoms with Gasteiger partial charge in [-0.15, -0.1) is 5.10 Å². The number of urea groups is 1. The van der Waals surface area contributed by atoms with E-state index < -0.39 is 6.03 Å². The van der Waals surface area contributed by atoms with Crippen molar-refractivity contribution in [1.29, 1.82) is 0 Å². The molecule has 1 heterocycles. The molecule has 1 aromatic carbocycles. The predicted molar refractivity (Wildman–Crippen MR) is 95.0 cm³/mol. The van der Waals surface area contributed by atoms with Crippen LogP contribution in [0.25, 0.3) is 5.69 Å². The minimum Gasteiger partial charge on any atom is -0.351 e. The molecule has 10 heteroatoms. The first-order valence-corrected chi connectivity index (χ1v) is 9.13. The maximum Gasteiger partial charge on any atom is 0.318 e. The van der Waals surface area contributed by atoms with Crippen molar-refractivity contribution in [3.05, 3.63) is 33.2 Å². The summed E-state index contributed by atoms with van der Waals surface area (Å²) in [5, 5.41) is 7.13. The second kappa shape index (κ2) is 8.44. The van der Waals surface area contributed by atoms with Gasteiger partial charge in [0, 0.05) is 17.2 Å². The summed E-state index contributed by atoms with van der Waals surface area (Å²) in [5.74, 6) is 0.312. The Balaban J connectivity index is 1.89. The quantitative estimate of drug-likeness (QED) is 0.449. The minimum atomic E-state index is -0.831. The van der Waals surface area contributed by atoms with E-state index in [1.807, 2.05) is 17.4 Å². The number of benzene rings is 1. The topological polar surface area (TPSA) is 90.0 Å². The standard InChI is InChI=1S/C13H13ClN4O2S3/c14-8-3-5-9(6-4-8)18-13(21)23-12(17-18)22-7-1-2-10(19)16-11(15)20/h3-6H,1-2,7H2,(H3,15,16,19,20). The van der Waals surface area contributed by atoms with Crippen LogP contribution in [0.2, 0.25) is 5.02 Å². The number of nitrogens with zero attached hydrogens (tertiary/aromatic N) is 2. The molecule has 0 aliphatic carbocycles. The molecule has 3 N–H and O–H groups in total. The number of imide groups is 1. The third-order valence-electron chi connectivity index (χ3n) is 2.64. The number of rotatable bonds is 6. The van der Waals surface area contributed by atoms with Crippen LogP contribution < -0.4 is 11.1 Å². The zero-order valence-electron chi connectivity index (χ0n) is 11.8. The first-order valence-electron chi connectivity index (χ1n) is 6.54. The molecule has 0 saturated heterocycles. The highest BCUT2D eigenvalue weighted by atomic mass is 35.5. The highest BCUT2D eigenvalue weighted by Gasteiger charge is 2.08. The summed E-state index contributed by atoms with van der Waals surface area (Å²) in [4.78, 5) is 21.8. The van der Waals surface area contributed by atoms with Crippen LogP contribution in [0.4, 0.5) is 4.79 Å². The molecule has 0 atom stereocenters. The fourth-order valence-corrected chi connectivity index (χ4v) is 4.15. The lowest BCUT2D eigenvalue weighted by Gasteiger charge is -2.01. The Morgan fingerprint density at radius 3 is 2.74 bits per heavy atom. The van der Waals surface area contributed by atoms with E-state index in [0.29, 0.717) is 21.2 Å². The first-order chi connectivity index (χ1) is 11.0. The molecule has 0 aliphatic heterocycles. The summed E-state index contributed by atoms with van der Waals surface area (Å²) in [6, 6.07) is 6.42. The molecule has 0 saturated carbocycles. The van der Waals surface area contributed by atoms with Crippen molar-refractivity contribution in [2.75, 3.05) is 5.75 Å². The van der Waals surface area contributed by atoms with Gasteiger partial charge in [-0.1, -0.05) is 34.7 Å². The van der Waals surface area contributed by atoms with Crippen LogP contribution in [0.3, 0.4) is 0 Å². The smallest absolute Gasteiger partial charge is 0.318 e. The third-order valence-corrected chi connectivity index (χ3v) is 5.34. The summed E-state index contributed by atoms with van der Waals surface area (Å²) in [6.07, 6.45) is 0.844. The predicted octanol–water partition coefficient (Wildman–Crippen LogP) is 3.38. The number of carbonyl (C=O) groups excluding carboxylic acids is 2. The van der Waals surface area contributed by atoms with E-state index in [-0.39, 0.29) is 12.3 Å². The Bertz CT molecular complexity index is 757. The number of carbonyl (C=O) groups is 2. The van der Waals surface area contributed by atoms with E-state index in [0.717, 1.165) is 10.0 Å². The largest absolute Gasteiger partial charge is 0.351 e. The second-order valence-corrected chi connectivity index (χ2v) is 7.79. The molecule has 0 spiro atoms. The molecule has 0 unspecified atom stereocenters. The molecule has 0 radical (unpaired) electrons. The fourth-order valence-electron chi connectivity index (χ4n) is 1.66. The lowest BCUT2D eigenvalue weighted by molar-refractivity contribution is -0.119. The highest BCUT2D eigenvalue weighted by Crippen LogP contribution is 2.25. The van der Waals surface area contributed by atoms with Crippen LogP contribution in [0.5, 0.6) is 0 Å². The SMILES string of the molecule is NC(=O)NC(=O)CCCSc1nn(-c2ccc(Cl)cc2)c(=S)s1. The van der Waals surface area contributed by atoms with E-state index in [2.05, 4.69) is 5.10 Å². The number of nitrogens with one attached hydrogen (secondary N) is 1.